The number of carbonyl (C=O) groups excluding carboxylic acids is 1. The maximum Gasteiger partial charge on any atom is 0.220 e. The summed E-state index contributed by atoms with van der Waals surface area (Å²) < 4.78 is 0. The summed E-state index contributed by atoms with van der Waals surface area (Å²) in [6.45, 7) is 2.12. The SMILES string of the molecule is CC(CCC1CCCCC1)NC(=O)CCc1ccccc1N.Cl. The molecule has 1 aliphatic carbocycles. The highest BCUT2D eigenvalue weighted by atomic mass is 35.5. The van der Waals surface area contributed by atoms with E-state index in [1.807, 2.05) is 24.3 Å². The molecule has 0 saturated heterocycles. The molecule has 0 spiro atoms. The lowest BCUT2D eigenvalue weighted by Gasteiger charge is -2.23. The molecule has 1 aliphatic rings. The lowest BCUT2D eigenvalue weighted by atomic mass is 9.85. The van der Waals surface area contributed by atoms with E-state index in [9.17, 15) is 4.79 Å². The van der Waals surface area contributed by atoms with Gasteiger partial charge in [-0.05, 0) is 43.7 Å². The number of carbonyl (C=O) groups is 1. The van der Waals surface area contributed by atoms with E-state index in [0.717, 1.165) is 23.6 Å². The summed E-state index contributed by atoms with van der Waals surface area (Å²) >= 11 is 0. The summed E-state index contributed by atoms with van der Waals surface area (Å²) in [7, 11) is 0. The molecule has 1 aromatic rings. The summed E-state index contributed by atoms with van der Waals surface area (Å²) in [5.74, 6) is 1.02. The van der Waals surface area contributed by atoms with Crippen molar-refractivity contribution in [3.63, 3.8) is 0 Å². The second-order valence-corrected chi connectivity index (χ2v) is 6.75. The molecule has 2 rings (SSSR count). The van der Waals surface area contributed by atoms with Crippen molar-refractivity contribution in [2.75, 3.05) is 5.73 Å². The first kappa shape index (κ1) is 19.8. The molecule has 4 heteroatoms. The maximum absolute atomic E-state index is 12.0. The molecule has 3 N–H and O–H groups in total. The zero-order valence-electron chi connectivity index (χ0n) is 14.2. The lowest BCUT2D eigenvalue weighted by molar-refractivity contribution is -0.121. The van der Waals surface area contributed by atoms with E-state index in [-0.39, 0.29) is 24.4 Å². The molecule has 0 aromatic heterocycles. The minimum Gasteiger partial charge on any atom is -0.399 e. The number of nitrogens with one attached hydrogen (secondary N) is 1. The molecule has 23 heavy (non-hydrogen) atoms. The van der Waals surface area contributed by atoms with Crippen LogP contribution in [0.1, 0.15) is 63.9 Å². The number of rotatable bonds is 7. The monoisotopic (exact) mass is 338 g/mol. The highest BCUT2D eigenvalue weighted by Crippen LogP contribution is 2.27. The minimum absolute atomic E-state index is 0. The fraction of sp³-hybridized carbons (Fsp3) is 0.632. The van der Waals surface area contributed by atoms with Gasteiger partial charge in [-0.15, -0.1) is 12.4 Å². The molecule has 1 unspecified atom stereocenters. The minimum atomic E-state index is 0. The second kappa shape index (κ2) is 10.5. The Hall–Kier alpha value is -1.22. The molecule has 1 fully saturated rings. The van der Waals surface area contributed by atoms with Crippen LogP contribution in [0.5, 0.6) is 0 Å². The van der Waals surface area contributed by atoms with Crippen LogP contribution < -0.4 is 11.1 Å². The van der Waals surface area contributed by atoms with E-state index >= 15 is 0 Å². The van der Waals surface area contributed by atoms with Gasteiger partial charge in [0.15, 0.2) is 0 Å². The van der Waals surface area contributed by atoms with Crippen molar-refractivity contribution in [1.29, 1.82) is 0 Å². The van der Waals surface area contributed by atoms with E-state index in [1.165, 1.54) is 38.5 Å². The van der Waals surface area contributed by atoms with Crippen LogP contribution in [-0.2, 0) is 11.2 Å². The van der Waals surface area contributed by atoms with Crippen LogP contribution in [-0.4, -0.2) is 11.9 Å². The van der Waals surface area contributed by atoms with Gasteiger partial charge < -0.3 is 11.1 Å². The number of benzene rings is 1. The van der Waals surface area contributed by atoms with Crippen molar-refractivity contribution in [2.45, 2.75) is 70.8 Å². The highest BCUT2D eigenvalue weighted by Gasteiger charge is 2.15. The number of para-hydroxylation sites is 1. The number of amides is 1. The Bertz CT molecular complexity index is 472. The van der Waals surface area contributed by atoms with Gasteiger partial charge in [-0.1, -0.05) is 50.3 Å². The van der Waals surface area contributed by atoms with Crippen LogP contribution in [0.3, 0.4) is 0 Å². The highest BCUT2D eigenvalue weighted by molar-refractivity contribution is 5.85. The Morgan fingerprint density at radius 1 is 1.26 bits per heavy atom. The normalized spacial score (nSPS) is 16.4. The van der Waals surface area contributed by atoms with Gasteiger partial charge >= 0.3 is 0 Å². The molecule has 1 aromatic carbocycles. The zero-order chi connectivity index (χ0) is 15.8. The first-order valence-electron chi connectivity index (χ1n) is 8.78. The van der Waals surface area contributed by atoms with E-state index in [2.05, 4.69) is 12.2 Å². The molecule has 1 saturated carbocycles. The van der Waals surface area contributed by atoms with Crippen molar-refractivity contribution in [2.24, 2.45) is 5.92 Å². The van der Waals surface area contributed by atoms with E-state index in [0.29, 0.717) is 12.8 Å². The maximum atomic E-state index is 12.0. The fourth-order valence-corrected chi connectivity index (χ4v) is 3.39. The largest absolute Gasteiger partial charge is 0.399 e. The quantitative estimate of drug-likeness (QED) is 0.720. The van der Waals surface area contributed by atoms with Gasteiger partial charge in [0.05, 0.1) is 0 Å². The smallest absolute Gasteiger partial charge is 0.220 e. The first-order valence-corrected chi connectivity index (χ1v) is 8.78. The van der Waals surface area contributed by atoms with Gasteiger partial charge in [0.1, 0.15) is 0 Å². The molecule has 130 valence electrons. The van der Waals surface area contributed by atoms with Crippen molar-refractivity contribution in [3.8, 4) is 0 Å². The third kappa shape index (κ3) is 7.26. The molecule has 3 nitrogen and oxygen atoms in total. The van der Waals surface area contributed by atoms with Gasteiger partial charge in [0.2, 0.25) is 5.91 Å². The standard InChI is InChI=1S/C19H30N2O.ClH/c1-15(11-12-16-7-3-2-4-8-16)21-19(22)14-13-17-9-5-6-10-18(17)20;/h5-6,9-10,15-16H,2-4,7-8,11-14,20H2,1H3,(H,21,22);1H. The molecule has 0 aliphatic heterocycles. The summed E-state index contributed by atoms with van der Waals surface area (Å²) in [6.07, 6.45) is 10.5. The number of aryl methyl sites for hydroxylation is 1. The van der Waals surface area contributed by atoms with Crippen molar-refractivity contribution in [1.82, 2.24) is 5.32 Å². The number of halogens is 1. The number of hydrogen-bond donors (Lipinski definition) is 2. The fourth-order valence-electron chi connectivity index (χ4n) is 3.39. The third-order valence-corrected chi connectivity index (χ3v) is 4.82. The Morgan fingerprint density at radius 2 is 1.96 bits per heavy atom. The van der Waals surface area contributed by atoms with Gasteiger partial charge in [-0.25, -0.2) is 0 Å². The topological polar surface area (TPSA) is 55.1 Å². The van der Waals surface area contributed by atoms with Crippen molar-refractivity contribution in [3.05, 3.63) is 29.8 Å². The number of nitrogen functional groups attached to an aromatic ring is 1. The van der Waals surface area contributed by atoms with Crippen LogP contribution >= 0.6 is 12.4 Å². The number of anilines is 1. The van der Waals surface area contributed by atoms with E-state index in [4.69, 9.17) is 5.73 Å². The Kier molecular flexibility index (Phi) is 9.08. The Morgan fingerprint density at radius 3 is 2.65 bits per heavy atom. The molecule has 0 radical (unpaired) electrons. The van der Waals surface area contributed by atoms with Crippen molar-refractivity contribution >= 4 is 24.0 Å². The Labute approximate surface area is 146 Å². The number of nitrogens with two attached hydrogens (primary N) is 1. The first-order chi connectivity index (χ1) is 10.6. The van der Waals surface area contributed by atoms with Crippen LogP contribution in [0.25, 0.3) is 0 Å². The van der Waals surface area contributed by atoms with E-state index < -0.39 is 0 Å². The second-order valence-electron chi connectivity index (χ2n) is 6.75. The summed E-state index contributed by atoms with van der Waals surface area (Å²) in [4.78, 5) is 12.0. The number of hydrogen-bond acceptors (Lipinski definition) is 2. The Balaban J connectivity index is 0.00000264. The average Bonchev–Trinajstić information content (AvgIpc) is 2.53. The van der Waals surface area contributed by atoms with Gasteiger partial charge in [0, 0.05) is 18.2 Å². The predicted octanol–water partition coefficient (Wildman–Crippen LogP) is 4.49. The van der Waals surface area contributed by atoms with Crippen LogP contribution in [0.15, 0.2) is 24.3 Å². The van der Waals surface area contributed by atoms with Gasteiger partial charge in [-0.3, -0.25) is 4.79 Å². The molecule has 0 bridgehead atoms. The molecule has 1 atom stereocenters. The molecular formula is C19H31ClN2O. The van der Waals surface area contributed by atoms with Gasteiger partial charge in [0.25, 0.3) is 0 Å². The average molecular weight is 339 g/mol. The summed E-state index contributed by atoms with van der Waals surface area (Å²) in [5.41, 5.74) is 7.75. The van der Waals surface area contributed by atoms with Crippen LogP contribution in [0, 0.1) is 5.92 Å². The van der Waals surface area contributed by atoms with Gasteiger partial charge in [-0.2, -0.15) is 0 Å². The summed E-state index contributed by atoms with van der Waals surface area (Å²) in [5, 5.41) is 3.13. The van der Waals surface area contributed by atoms with Crippen LogP contribution in [0.2, 0.25) is 0 Å². The molecule has 1 amide bonds. The molecular weight excluding hydrogens is 308 g/mol. The zero-order valence-corrected chi connectivity index (χ0v) is 15.0. The lowest BCUT2D eigenvalue weighted by Crippen LogP contribution is -2.33. The van der Waals surface area contributed by atoms with Crippen LogP contribution in [0.4, 0.5) is 5.69 Å². The summed E-state index contributed by atoms with van der Waals surface area (Å²) in [6, 6.07) is 8.06. The van der Waals surface area contributed by atoms with Crippen molar-refractivity contribution < 1.29 is 4.79 Å². The van der Waals surface area contributed by atoms with E-state index in [1.54, 1.807) is 0 Å². The third-order valence-electron chi connectivity index (χ3n) is 4.82. The molecule has 0 heterocycles. The predicted molar refractivity (Wildman–Crippen MR) is 99.8 cm³/mol.